The number of piperidine rings is 2. The number of nitrogens with one attached hydrogen (secondary N) is 4. The largest absolute Gasteiger partial charge is 0.453 e. The standard InChI is InChI=1S/C51H64N8O6/c1-27(2)41(56-49(62)64-5)47(60)58-33-15-13-31(21-33)43(58)45-52-25-39(54-45)30-11-9-29(10-12-30)35-17-18-36(38-24-51(23-37(35)38)19-7-8-20-51)40-26-53-46(55-40)44-32-14-16-34(22-32)59(44)48(61)42(28(3)4)57-50(63)65-6/h9-12,17-18,25-28,31-34,41-44H,7-8,13-16,19-24H2,1-6H3,(H,52,54)(H,53,55)(H,56,62)(H,57,63). The fourth-order valence-corrected chi connectivity index (χ4v) is 13.0. The Kier molecular flexibility index (Phi) is 11.3. The number of carbonyl (C=O) groups is 4. The third kappa shape index (κ3) is 7.58. The number of aromatic nitrogens is 4. The first kappa shape index (κ1) is 43.2. The number of hydrogen-bond donors (Lipinski definition) is 4. The highest BCUT2D eigenvalue weighted by atomic mass is 16.5. The minimum Gasteiger partial charge on any atom is -0.453 e. The first-order valence-corrected chi connectivity index (χ1v) is 24.1. The molecule has 4 aliphatic carbocycles. The summed E-state index contributed by atoms with van der Waals surface area (Å²) in [5.41, 5.74) is 9.65. The van der Waals surface area contributed by atoms with Crippen molar-refractivity contribution in [1.29, 1.82) is 0 Å². The van der Waals surface area contributed by atoms with Crippen LogP contribution in [0.4, 0.5) is 9.59 Å². The summed E-state index contributed by atoms with van der Waals surface area (Å²) in [7, 11) is 2.64. The van der Waals surface area contributed by atoms with Crippen LogP contribution in [-0.2, 0) is 31.9 Å². The fourth-order valence-electron chi connectivity index (χ4n) is 13.0. The second kappa shape index (κ2) is 17.0. The summed E-state index contributed by atoms with van der Waals surface area (Å²) in [5, 5.41) is 5.59. The number of carbonyl (C=O) groups excluding carboxylic acids is 4. The smallest absolute Gasteiger partial charge is 0.407 e. The van der Waals surface area contributed by atoms with Crippen LogP contribution in [0.5, 0.6) is 0 Å². The molecular weight excluding hydrogens is 821 g/mol. The van der Waals surface area contributed by atoms with Gasteiger partial charge >= 0.3 is 12.2 Å². The summed E-state index contributed by atoms with van der Waals surface area (Å²) in [6.07, 6.45) is 15.7. The Balaban J connectivity index is 0.914. The van der Waals surface area contributed by atoms with Gasteiger partial charge in [-0.15, -0.1) is 0 Å². The zero-order chi connectivity index (χ0) is 45.3. The van der Waals surface area contributed by atoms with Crippen molar-refractivity contribution in [2.75, 3.05) is 14.2 Å². The van der Waals surface area contributed by atoms with E-state index < -0.39 is 24.3 Å². The molecule has 4 N–H and O–H groups in total. The van der Waals surface area contributed by atoms with Gasteiger partial charge in [-0.2, -0.15) is 0 Å². The third-order valence-electron chi connectivity index (χ3n) is 16.2. The number of benzene rings is 2. The molecule has 10 rings (SSSR count). The molecule has 4 amide bonds. The lowest BCUT2D eigenvalue weighted by molar-refractivity contribution is -0.140. The molecule has 344 valence electrons. The van der Waals surface area contributed by atoms with Gasteiger partial charge in [0.25, 0.3) is 0 Å². The van der Waals surface area contributed by atoms with Crippen LogP contribution in [-0.4, -0.2) is 92.1 Å². The minimum atomic E-state index is -0.681. The number of likely N-dealkylation sites (tertiary alicyclic amines) is 2. The monoisotopic (exact) mass is 884 g/mol. The van der Waals surface area contributed by atoms with Gasteiger partial charge in [0.15, 0.2) is 0 Å². The van der Waals surface area contributed by atoms with E-state index in [1.165, 1.54) is 67.7 Å². The summed E-state index contributed by atoms with van der Waals surface area (Å²) in [6, 6.07) is 11.9. The highest BCUT2D eigenvalue weighted by molar-refractivity contribution is 5.88. The van der Waals surface area contributed by atoms with Crippen LogP contribution in [0.25, 0.3) is 33.6 Å². The van der Waals surface area contributed by atoms with Gasteiger partial charge in [0.2, 0.25) is 11.8 Å². The van der Waals surface area contributed by atoms with E-state index in [9.17, 15) is 19.2 Å². The van der Waals surface area contributed by atoms with E-state index in [1.54, 1.807) is 0 Å². The molecule has 3 saturated carbocycles. The number of hydrogen-bond acceptors (Lipinski definition) is 8. The van der Waals surface area contributed by atoms with Crippen molar-refractivity contribution in [3.05, 3.63) is 71.6 Å². The maximum absolute atomic E-state index is 14.2. The van der Waals surface area contributed by atoms with E-state index in [0.717, 1.165) is 80.0 Å². The molecule has 2 aromatic carbocycles. The normalized spacial score (nSPS) is 25.7. The highest BCUT2D eigenvalue weighted by Gasteiger charge is 2.53. The van der Waals surface area contributed by atoms with E-state index in [2.05, 4.69) is 57.0 Å². The first-order chi connectivity index (χ1) is 31.4. The van der Waals surface area contributed by atoms with Crippen molar-refractivity contribution < 1.29 is 28.7 Å². The molecule has 6 aliphatic rings. The molecule has 4 bridgehead atoms. The predicted molar refractivity (Wildman–Crippen MR) is 245 cm³/mol. The number of ether oxygens (including phenoxy) is 2. The first-order valence-electron chi connectivity index (χ1n) is 24.1. The molecule has 1 spiro atoms. The van der Waals surface area contributed by atoms with E-state index in [-0.39, 0.29) is 53.2 Å². The number of imidazole rings is 2. The lowest BCUT2D eigenvalue weighted by Gasteiger charge is -2.37. The van der Waals surface area contributed by atoms with Gasteiger partial charge in [-0.1, -0.05) is 76.9 Å². The van der Waals surface area contributed by atoms with Gasteiger partial charge in [0.1, 0.15) is 23.7 Å². The molecule has 4 aromatic rings. The molecule has 2 aliphatic heterocycles. The average molecular weight is 885 g/mol. The molecule has 2 aromatic heterocycles. The Bertz CT molecular complexity index is 2470. The van der Waals surface area contributed by atoms with E-state index in [4.69, 9.17) is 19.4 Å². The van der Waals surface area contributed by atoms with Gasteiger partial charge in [-0.25, -0.2) is 19.6 Å². The Labute approximate surface area is 381 Å². The number of alkyl carbamates (subject to hydrolysis) is 2. The van der Waals surface area contributed by atoms with Crippen LogP contribution in [0.15, 0.2) is 48.8 Å². The summed E-state index contributed by atoms with van der Waals surface area (Å²) in [5.74, 6) is 1.88. The number of amides is 4. The molecule has 0 radical (unpaired) electrons. The third-order valence-corrected chi connectivity index (χ3v) is 16.2. The van der Waals surface area contributed by atoms with Crippen molar-refractivity contribution in [2.45, 2.75) is 141 Å². The van der Waals surface area contributed by atoms with Crippen molar-refractivity contribution in [1.82, 2.24) is 40.4 Å². The van der Waals surface area contributed by atoms with Crippen LogP contribution >= 0.6 is 0 Å². The zero-order valence-electron chi connectivity index (χ0n) is 38.6. The molecule has 14 nitrogen and oxygen atoms in total. The van der Waals surface area contributed by atoms with E-state index in [0.29, 0.717) is 11.8 Å². The SMILES string of the molecule is COC(=O)NC(C(=O)N1C2CCC(C2)C1c1ncc(-c2ccc(-c3ccc(-c4cnc(C5C6CCC(C6)N5C(=O)C(NC(=O)OC)C(C)C)[nH]4)c4c3CC3(CCCC3)C4)cc2)[nH]1)C(C)C. The maximum Gasteiger partial charge on any atom is 0.407 e. The predicted octanol–water partition coefficient (Wildman–Crippen LogP) is 8.66. The average Bonchev–Trinajstić information content (AvgIpc) is 4.17. The molecule has 2 saturated heterocycles. The van der Waals surface area contributed by atoms with Crippen LogP contribution in [0.1, 0.15) is 127 Å². The molecule has 5 fully saturated rings. The molecule has 4 heterocycles. The lowest BCUT2D eigenvalue weighted by Crippen LogP contribution is -2.54. The molecule has 8 unspecified atom stereocenters. The zero-order valence-corrected chi connectivity index (χ0v) is 38.6. The summed E-state index contributed by atoms with van der Waals surface area (Å²) in [4.78, 5) is 74.1. The Morgan fingerprint density at radius 3 is 1.62 bits per heavy atom. The van der Waals surface area contributed by atoms with Gasteiger partial charge in [-0.3, -0.25) is 9.59 Å². The number of rotatable bonds is 11. The quantitative estimate of drug-likeness (QED) is 0.116. The number of nitrogens with zero attached hydrogens (tertiary/aromatic N) is 4. The number of H-pyrrole nitrogens is 2. The lowest BCUT2D eigenvalue weighted by atomic mass is 9.82. The molecule has 14 heteroatoms. The van der Waals surface area contributed by atoms with Crippen LogP contribution in [0, 0.1) is 29.1 Å². The van der Waals surface area contributed by atoms with Crippen molar-refractivity contribution in [3.63, 3.8) is 0 Å². The second-order valence-electron chi connectivity index (χ2n) is 20.7. The highest BCUT2D eigenvalue weighted by Crippen LogP contribution is 2.55. The van der Waals surface area contributed by atoms with Crippen LogP contribution < -0.4 is 10.6 Å². The topological polar surface area (TPSA) is 175 Å². The van der Waals surface area contributed by atoms with Crippen LogP contribution in [0.2, 0.25) is 0 Å². The molecular formula is C51H64N8O6. The van der Waals surface area contributed by atoms with Crippen molar-refractivity contribution >= 4 is 24.0 Å². The fraction of sp³-hybridized carbons (Fsp3) is 0.569. The summed E-state index contributed by atoms with van der Waals surface area (Å²) >= 11 is 0. The van der Waals surface area contributed by atoms with Crippen molar-refractivity contribution in [2.24, 2.45) is 29.1 Å². The number of fused-ring (bicyclic) bond motifs is 5. The van der Waals surface area contributed by atoms with Gasteiger partial charge < -0.3 is 39.9 Å². The van der Waals surface area contributed by atoms with Crippen molar-refractivity contribution in [3.8, 4) is 33.6 Å². The Morgan fingerprint density at radius 2 is 1.11 bits per heavy atom. The molecule has 8 atom stereocenters. The van der Waals surface area contributed by atoms with E-state index >= 15 is 0 Å². The summed E-state index contributed by atoms with van der Waals surface area (Å²) < 4.78 is 9.75. The Hall–Kier alpha value is -5.66. The number of methoxy groups -OCH3 is 2. The van der Waals surface area contributed by atoms with Crippen LogP contribution in [0.3, 0.4) is 0 Å². The number of aromatic amines is 2. The Morgan fingerprint density at radius 1 is 0.646 bits per heavy atom. The van der Waals surface area contributed by atoms with E-state index in [1.807, 2.05) is 49.9 Å². The minimum absolute atomic E-state index is 0.0710. The van der Waals surface area contributed by atoms with Gasteiger partial charge in [0, 0.05) is 17.6 Å². The summed E-state index contributed by atoms with van der Waals surface area (Å²) in [6.45, 7) is 7.79. The van der Waals surface area contributed by atoms with Gasteiger partial charge in [0.05, 0.1) is 50.1 Å². The second-order valence-corrected chi connectivity index (χ2v) is 20.7. The maximum atomic E-state index is 14.2. The molecule has 65 heavy (non-hydrogen) atoms. The van der Waals surface area contributed by atoms with Gasteiger partial charge in [-0.05, 0) is 121 Å².